The molecule has 1 aromatic rings. The highest BCUT2D eigenvalue weighted by molar-refractivity contribution is 5.85. The summed E-state index contributed by atoms with van der Waals surface area (Å²) < 4.78 is 0. The number of benzene rings is 1. The third-order valence-electron chi connectivity index (χ3n) is 1.97. The van der Waals surface area contributed by atoms with E-state index in [1.165, 1.54) is 0 Å². The van der Waals surface area contributed by atoms with Gasteiger partial charge in [-0.15, -0.1) is 12.4 Å². The SMILES string of the molecule is Cl.NCC[C@@H](N)c1c(O)cc(O)cc1O. The fourth-order valence-electron chi connectivity index (χ4n) is 1.31. The quantitative estimate of drug-likeness (QED) is 0.525. The van der Waals surface area contributed by atoms with E-state index >= 15 is 0 Å². The lowest BCUT2D eigenvalue weighted by molar-refractivity contribution is 0.410. The third kappa shape index (κ3) is 3.16. The fourth-order valence-corrected chi connectivity index (χ4v) is 1.31. The molecule has 1 rings (SSSR count). The molecule has 5 nitrogen and oxygen atoms in total. The zero-order valence-electron chi connectivity index (χ0n) is 8.05. The molecule has 86 valence electrons. The Bertz CT molecular complexity index is 310. The predicted molar refractivity (Wildman–Crippen MR) is 59.3 cm³/mol. The van der Waals surface area contributed by atoms with Crippen LogP contribution >= 0.6 is 12.4 Å². The van der Waals surface area contributed by atoms with Gasteiger partial charge in [-0.3, -0.25) is 0 Å². The first-order chi connectivity index (χ1) is 6.56. The Hall–Kier alpha value is -1.17. The monoisotopic (exact) mass is 234 g/mol. The van der Waals surface area contributed by atoms with Crippen LogP contribution in [0.25, 0.3) is 0 Å². The molecule has 1 atom stereocenters. The van der Waals surface area contributed by atoms with Crippen LogP contribution in [0.1, 0.15) is 18.0 Å². The van der Waals surface area contributed by atoms with Crippen molar-refractivity contribution in [2.24, 2.45) is 11.5 Å². The molecule has 0 aliphatic heterocycles. The fraction of sp³-hybridized carbons (Fsp3) is 0.333. The van der Waals surface area contributed by atoms with Crippen molar-refractivity contribution in [1.82, 2.24) is 0 Å². The maximum Gasteiger partial charge on any atom is 0.127 e. The molecule has 0 saturated carbocycles. The van der Waals surface area contributed by atoms with Crippen LogP contribution in [0.15, 0.2) is 12.1 Å². The molecule has 0 amide bonds. The van der Waals surface area contributed by atoms with Gasteiger partial charge in [0.2, 0.25) is 0 Å². The van der Waals surface area contributed by atoms with E-state index in [2.05, 4.69) is 0 Å². The molecule has 7 N–H and O–H groups in total. The molecule has 0 fully saturated rings. The van der Waals surface area contributed by atoms with Crippen molar-refractivity contribution in [3.05, 3.63) is 17.7 Å². The maximum atomic E-state index is 9.43. The molecular formula is C9H15ClN2O3. The van der Waals surface area contributed by atoms with E-state index in [0.29, 0.717) is 13.0 Å². The van der Waals surface area contributed by atoms with Gasteiger partial charge < -0.3 is 26.8 Å². The Morgan fingerprint density at radius 2 is 1.60 bits per heavy atom. The van der Waals surface area contributed by atoms with Crippen LogP contribution in [0.3, 0.4) is 0 Å². The van der Waals surface area contributed by atoms with E-state index in [4.69, 9.17) is 16.6 Å². The van der Waals surface area contributed by atoms with E-state index in [1.54, 1.807) is 0 Å². The molecule has 0 unspecified atom stereocenters. The molecule has 0 radical (unpaired) electrons. The van der Waals surface area contributed by atoms with Gasteiger partial charge in [0, 0.05) is 18.2 Å². The third-order valence-corrected chi connectivity index (χ3v) is 1.97. The normalized spacial score (nSPS) is 11.9. The van der Waals surface area contributed by atoms with Crippen molar-refractivity contribution in [2.75, 3.05) is 6.54 Å². The molecular weight excluding hydrogens is 220 g/mol. The zero-order chi connectivity index (χ0) is 10.7. The van der Waals surface area contributed by atoms with Crippen molar-refractivity contribution in [3.63, 3.8) is 0 Å². The molecule has 0 aliphatic carbocycles. The minimum Gasteiger partial charge on any atom is -0.508 e. The number of phenolic OH excluding ortho intramolecular Hbond substituents is 3. The van der Waals surface area contributed by atoms with Crippen LogP contribution in [0.5, 0.6) is 17.2 Å². The first kappa shape index (κ1) is 13.8. The van der Waals surface area contributed by atoms with Crippen LogP contribution in [0.2, 0.25) is 0 Å². The number of phenols is 3. The first-order valence-electron chi connectivity index (χ1n) is 4.26. The van der Waals surface area contributed by atoms with Crippen molar-refractivity contribution < 1.29 is 15.3 Å². The summed E-state index contributed by atoms with van der Waals surface area (Å²) in [7, 11) is 0. The van der Waals surface area contributed by atoms with Gasteiger partial charge in [-0.1, -0.05) is 0 Å². The van der Waals surface area contributed by atoms with Gasteiger partial charge in [-0.2, -0.15) is 0 Å². The molecule has 0 saturated heterocycles. The van der Waals surface area contributed by atoms with Gasteiger partial charge in [0.1, 0.15) is 17.2 Å². The summed E-state index contributed by atoms with van der Waals surface area (Å²) in [5.41, 5.74) is 11.2. The zero-order valence-corrected chi connectivity index (χ0v) is 8.87. The Kier molecular flexibility index (Phi) is 5.21. The van der Waals surface area contributed by atoms with Crippen molar-refractivity contribution in [3.8, 4) is 17.2 Å². The second-order valence-corrected chi connectivity index (χ2v) is 3.08. The summed E-state index contributed by atoms with van der Waals surface area (Å²) in [5.74, 6) is -0.643. The first-order valence-corrected chi connectivity index (χ1v) is 4.26. The van der Waals surface area contributed by atoms with E-state index < -0.39 is 6.04 Å². The number of halogens is 1. The van der Waals surface area contributed by atoms with Crippen LogP contribution in [0, 0.1) is 0 Å². The lowest BCUT2D eigenvalue weighted by Gasteiger charge is -2.14. The lowest BCUT2D eigenvalue weighted by atomic mass is 10.0. The highest BCUT2D eigenvalue weighted by Crippen LogP contribution is 2.36. The molecule has 0 aliphatic rings. The predicted octanol–water partition coefficient (Wildman–Crippen LogP) is 0.574. The summed E-state index contributed by atoms with van der Waals surface area (Å²) in [6.07, 6.45) is 0.450. The minimum absolute atomic E-state index is 0. The van der Waals surface area contributed by atoms with Crippen LogP contribution in [-0.4, -0.2) is 21.9 Å². The van der Waals surface area contributed by atoms with Crippen molar-refractivity contribution >= 4 is 12.4 Å². The van der Waals surface area contributed by atoms with Gasteiger partial charge in [-0.05, 0) is 13.0 Å². The van der Waals surface area contributed by atoms with E-state index in [1.807, 2.05) is 0 Å². The van der Waals surface area contributed by atoms with Crippen molar-refractivity contribution in [2.45, 2.75) is 12.5 Å². The molecule has 0 spiro atoms. The van der Waals surface area contributed by atoms with Gasteiger partial charge in [0.15, 0.2) is 0 Å². The highest BCUT2D eigenvalue weighted by Gasteiger charge is 2.16. The maximum absolute atomic E-state index is 9.43. The lowest BCUT2D eigenvalue weighted by Crippen LogP contribution is -2.15. The Balaban J connectivity index is 0.00000196. The average Bonchev–Trinajstić information content (AvgIpc) is 2.01. The van der Waals surface area contributed by atoms with E-state index in [0.717, 1.165) is 12.1 Å². The molecule has 0 aromatic heterocycles. The average molecular weight is 235 g/mol. The van der Waals surface area contributed by atoms with Gasteiger partial charge >= 0.3 is 0 Å². The molecule has 0 bridgehead atoms. The van der Waals surface area contributed by atoms with Crippen LogP contribution < -0.4 is 11.5 Å². The molecule has 0 heterocycles. The molecule has 1 aromatic carbocycles. The largest absolute Gasteiger partial charge is 0.508 e. The minimum atomic E-state index is -0.527. The Labute approximate surface area is 93.7 Å². The second-order valence-electron chi connectivity index (χ2n) is 3.08. The van der Waals surface area contributed by atoms with E-state index in [9.17, 15) is 10.2 Å². The smallest absolute Gasteiger partial charge is 0.127 e. The summed E-state index contributed by atoms with van der Waals surface area (Å²) in [6.45, 7) is 0.362. The summed E-state index contributed by atoms with van der Waals surface area (Å²) in [5, 5.41) is 27.9. The number of aromatic hydroxyl groups is 3. The van der Waals surface area contributed by atoms with Gasteiger partial charge in [0.25, 0.3) is 0 Å². The van der Waals surface area contributed by atoms with Crippen molar-refractivity contribution in [1.29, 1.82) is 0 Å². The Morgan fingerprint density at radius 1 is 1.13 bits per heavy atom. The van der Waals surface area contributed by atoms with Crippen LogP contribution in [-0.2, 0) is 0 Å². The molecule has 15 heavy (non-hydrogen) atoms. The topological polar surface area (TPSA) is 113 Å². The number of rotatable bonds is 3. The second kappa shape index (κ2) is 5.65. The highest BCUT2D eigenvalue weighted by atomic mass is 35.5. The van der Waals surface area contributed by atoms with E-state index in [-0.39, 0.29) is 35.2 Å². The summed E-state index contributed by atoms with van der Waals surface area (Å²) >= 11 is 0. The standard InChI is InChI=1S/C9H14N2O3.ClH/c10-2-1-6(11)9-7(13)3-5(12)4-8(9)14;/h3-4,6,12-14H,1-2,10-11H2;1H/t6-;/m1./s1. The van der Waals surface area contributed by atoms with Gasteiger partial charge in [-0.25, -0.2) is 0 Å². The number of nitrogens with two attached hydrogens (primary N) is 2. The summed E-state index contributed by atoms with van der Waals surface area (Å²) in [4.78, 5) is 0. The number of hydrogen-bond acceptors (Lipinski definition) is 5. The van der Waals surface area contributed by atoms with Crippen LogP contribution in [0.4, 0.5) is 0 Å². The molecule has 6 heteroatoms. The Morgan fingerprint density at radius 3 is 2.00 bits per heavy atom. The van der Waals surface area contributed by atoms with Gasteiger partial charge in [0.05, 0.1) is 5.56 Å². The summed E-state index contributed by atoms with van der Waals surface area (Å²) in [6, 6.07) is 1.73. The number of hydrogen-bond donors (Lipinski definition) is 5.